The van der Waals surface area contributed by atoms with Gasteiger partial charge in [0.25, 0.3) is 0 Å². The summed E-state index contributed by atoms with van der Waals surface area (Å²) < 4.78 is 5.92. The van der Waals surface area contributed by atoms with Crippen LogP contribution in [-0.4, -0.2) is 25.0 Å². The fourth-order valence-electron chi connectivity index (χ4n) is 2.70. The number of hydrogen-bond donors (Lipinski definition) is 1. The SMILES string of the molecule is CC(=O)c1sc(N2CCCC(C)CC2)c(OC(C)C)c1N. The van der Waals surface area contributed by atoms with Gasteiger partial charge in [0.15, 0.2) is 11.5 Å². The summed E-state index contributed by atoms with van der Waals surface area (Å²) in [6, 6.07) is 0. The van der Waals surface area contributed by atoms with Crippen molar-refractivity contribution in [3.63, 3.8) is 0 Å². The molecule has 1 atom stereocenters. The molecule has 1 aromatic rings. The molecule has 2 N–H and O–H groups in total. The Balaban J connectivity index is 2.36. The zero-order valence-corrected chi connectivity index (χ0v) is 14.3. The lowest BCUT2D eigenvalue weighted by Crippen LogP contribution is -2.24. The van der Waals surface area contributed by atoms with Crippen molar-refractivity contribution in [1.82, 2.24) is 0 Å². The minimum absolute atomic E-state index is 0.0144. The maximum Gasteiger partial charge on any atom is 0.177 e. The maximum atomic E-state index is 11.8. The van der Waals surface area contributed by atoms with Crippen LogP contribution in [0.4, 0.5) is 10.7 Å². The summed E-state index contributed by atoms with van der Waals surface area (Å²) in [5.41, 5.74) is 6.67. The first kappa shape index (κ1) is 16.1. The molecule has 0 bridgehead atoms. The van der Waals surface area contributed by atoms with Crippen molar-refractivity contribution in [2.75, 3.05) is 23.7 Å². The van der Waals surface area contributed by atoms with Crippen LogP contribution >= 0.6 is 11.3 Å². The van der Waals surface area contributed by atoms with Gasteiger partial charge in [0.1, 0.15) is 5.00 Å². The third-order valence-electron chi connectivity index (χ3n) is 3.86. The predicted octanol–water partition coefficient (Wildman–Crippen LogP) is 3.95. The Kier molecular flexibility index (Phi) is 5.14. The molecule has 0 aromatic carbocycles. The molecule has 4 nitrogen and oxygen atoms in total. The lowest BCUT2D eigenvalue weighted by Gasteiger charge is -2.23. The van der Waals surface area contributed by atoms with Crippen molar-refractivity contribution >= 4 is 27.8 Å². The smallest absolute Gasteiger partial charge is 0.177 e. The second kappa shape index (κ2) is 6.69. The molecule has 1 fully saturated rings. The average Bonchev–Trinajstić information content (AvgIpc) is 2.58. The second-order valence-electron chi connectivity index (χ2n) is 6.23. The standard InChI is InChI=1S/C16H26N2O2S/c1-10(2)20-14-13(17)15(12(4)19)21-16(14)18-8-5-6-11(3)7-9-18/h10-11H,5-9,17H2,1-4H3. The molecule has 0 radical (unpaired) electrons. The topological polar surface area (TPSA) is 55.6 Å². The van der Waals surface area contributed by atoms with Crippen molar-refractivity contribution < 1.29 is 9.53 Å². The summed E-state index contributed by atoms with van der Waals surface area (Å²) in [5.74, 6) is 1.48. The van der Waals surface area contributed by atoms with Crippen LogP contribution < -0.4 is 15.4 Å². The third-order valence-corrected chi connectivity index (χ3v) is 5.21. The van der Waals surface area contributed by atoms with Gasteiger partial charge in [0.2, 0.25) is 0 Å². The second-order valence-corrected chi connectivity index (χ2v) is 7.22. The molecule has 0 aliphatic carbocycles. The van der Waals surface area contributed by atoms with Gasteiger partial charge in [-0.2, -0.15) is 0 Å². The van der Waals surface area contributed by atoms with E-state index in [9.17, 15) is 4.79 Å². The van der Waals surface area contributed by atoms with Crippen molar-refractivity contribution in [1.29, 1.82) is 0 Å². The van der Waals surface area contributed by atoms with Crippen LogP contribution in [0.2, 0.25) is 0 Å². The lowest BCUT2D eigenvalue weighted by molar-refractivity contribution is 0.102. The number of rotatable bonds is 4. The number of thiophene rings is 1. The Morgan fingerprint density at radius 3 is 2.71 bits per heavy atom. The molecule has 1 unspecified atom stereocenters. The van der Waals surface area contributed by atoms with Gasteiger partial charge < -0.3 is 15.4 Å². The van der Waals surface area contributed by atoms with E-state index >= 15 is 0 Å². The fourth-order valence-corrected chi connectivity index (χ4v) is 3.80. The summed E-state index contributed by atoms with van der Waals surface area (Å²) in [7, 11) is 0. The van der Waals surface area contributed by atoms with Crippen LogP contribution in [0.5, 0.6) is 5.75 Å². The van der Waals surface area contributed by atoms with Crippen LogP contribution in [0.15, 0.2) is 0 Å². The fraction of sp³-hybridized carbons (Fsp3) is 0.688. The molecular formula is C16H26N2O2S. The number of anilines is 2. The van der Waals surface area contributed by atoms with Gasteiger partial charge in [-0.15, -0.1) is 11.3 Å². The molecule has 2 heterocycles. The van der Waals surface area contributed by atoms with Gasteiger partial charge in [0.05, 0.1) is 16.7 Å². The first-order valence-corrected chi connectivity index (χ1v) is 8.56. The number of nitrogens with two attached hydrogens (primary N) is 1. The highest BCUT2D eigenvalue weighted by Crippen LogP contribution is 2.46. The number of carbonyl (C=O) groups is 1. The van der Waals surface area contributed by atoms with Crippen molar-refractivity contribution in [2.45, 2.75) is 53.1 Å². The number of nitrogens with zero attached hydrogens (tertiary/aromatic N) is 1. The molecule has 1 saturated heterocycles. The number of Topliss-reactive ketones (excluding diaryl/α,β-unsaturated/α-hetero) is 1. The lowest BCUT2D eigenvalue weighted by atomic mass is 10.0. The van der Waals surface area contributed by atoms with E-state index in [-0.39, 0.29) is 11.9 Å². The Labute approximate surface area is 131 Å². The monoisotopic (exact) mass is 310 g/mol. The minimum atomic E-state index is 0.0144. The molecule has 21 heavy (non-hydrogen) atoms. The summed E-state index contributed by atoms with van der Waals surface area (Å²) in [6.07, 6.45) is 3.66. The molecule has 0 amide bonds. The molecular weight excluding hydrogens is 284 g/mol. The van der Waals surface area contributed by atoms with E-state index in [1.54, 1.807) is 6.92 Å². The summed E-state index contributed by atoms with van der Waals surface area (Å²) in [6.45, 7) is 9.86. The zero-order chi connectivity index (χ0) is 15.6. The first-order chi connectivity index (χ1) is 9.90. The predicted molar refractivity (Wildman–Crippen MR) is 89.7 cm³/mol. The van der Waals surface area contributed by atoms with Crippen LogP contribution in [0.25, 0.3) is 0 Å². The van der Waals surface area contributed by atoms with Crippen LogP contribution in [0.1, 0.15) is 56.6 Å². The molecule has 1 aliphatic rings. The van der Waals surface area contributed by atoms with Gasteiger partial charge in [-0.1, -0.05) is 6.92 Å². The van der Waals surface area contributed by atoms with Gasteiger partial charge >= 0.3 is 0 Å². The molecule has 1 aromatic heterocycles. The highest BCUT2D eigenvalue weighted by Gasteiger charge is 2.26. The van der Waals surface area contributed by atoms with E-state index in [1.807, 2.05) is 13.8 Å². The summed E-state index contributed by atoms with van der Waals surface area (Å²) >= 11 is 1.48. The average molecular weight is 310 g/mol. The molecule has 1 aliphatic heterocycles. The largest absolute Gasteiger partial charge is 0.486 e. The number of ether oxygens (including phenoxy) is 1. The van der Waals surface area contributed by atoms with E-state index in [4.69, 9.17) is 10.5 Å². The number of hydrogen-bond acceptors (Lipinski definition) is 5. The summed E-state index contributed by atoms with van der Waals surface area (Å²) in [4.78, 5) is 14.7. The van der Waals surface area contributed by atoms with Crippen LogP contribution in [-0.2, 0) is 0 Å². The number of carbonyl (C=O) groups excluding carboxylic acids is 1. The van der Waals surface area contributed by atoms with Crippen molar-refractivity contribution in [2.24, 2.45) is 5.92 Å². The Morgan fingerprint density at radius 1 is 1.38 bits per heavy atom. The zero-order valence-electron chi connectivity index (χ0n) is 13.4. The molecule has 5 heteroatoms. The molecule has 0 spiro atoms. The van der Waals surface area contributed by atoms with E-state index < -0.39 is 0 Å². The molecule has 118 valence electrons. The van der Waals surface area contributed by atoms with Crippen LogP contribution in [0, 0.1) is 5.92 Å². The molecule has 0 saturated carbocycles. The van der Waals surface area contributed by atoms with Crippen molar-refractivity contribution in [3.05, 3.63) is 4.88 Å². The van der Waals surface area contributed by atoms with E-state index in [0.29, 0.717) is 16.3 Å². The Morgan fingerprint density at radius 2 is 2.10 bits per heavy atom. The van der Waals surface area contributed by atoms with E-state index in [1.165, 1.54) is 30.6 Å². The third kappa shape index (κ3) is 3.70. The maximum absolute atomic E-state index is 11.8. The quantitative estimate of drug-likeness (QED) is 0.856. The summed E-state index contributed by atoms with van der Waals surface area (Å²) in [5, 5.41) is 1.03. The first-order valence-electron chi connectivity index (χ1n) is 7.75. The highest BCUT2D eigenvalue weighted by molar-refractivity contribution is 7.19. The number of ketones is 1. The van der Waals surface area contributed by atoms with Gasteiger partial charge in [-0.3, -0.25) is 4.79 Å². The van der Waals surface area contributed by atoms with Crippen LogP contribution in [0.3, 0.4) is 0 Å². The Bertz CT molecular complexity index is 511. The van der Waals surface area contributed by atoms with Gasteiger partial charge in [0, 0.05) is 20.0 Å². The van der Waals surface area contributed by atoms with E-state index in [0.717, 1.165) is 24.0 Å². The van der Waals surface area contributed by atoms with Gasteiger partial charge in [-0.25, -0.2) is 0 Å². The minimum Gasteiger partial charge on any atom is -0.486 e. The molecule has 2 rings (SSSR count). The number of nitrogen functional groups attached to an aromatic ring is 1. The van der Waals surface area contributed by atoms with Gasteiger partial charge in [-0.05, 0) is 39.0 Å². The van der Waals surface area contributed by atoms with Crippen molar-refractivity contribution in [3.8, 4) is 5.75 Å². The highest BCUT2D eigenvalue weighted by atomic mass is 32.1. The Hall–Kier alpha value is -1.23. The normalized spacial score (nSPS) is 19.7. The van der Waals surface area contributed by atoms with E-state index in [2.05, 4.69) is 11.8 Å².